The van der Waals surface area contributed by atoms with Crippen LogP contribution >= 0.6 is 0 Å². The van der Waals surface area contributed by atoms with E-state index in [0.29, 0.717) is 0 Å². The van der Waals surface area contributed by atoms with Gasteiger partial charge in [-0.05, 0) is 42.9 Å². The zero-order valence-corrected chi connectivity index (χ0v) is 12.5. The van der Waals surface area contributed by atoms with Gasteiger partial charge in [-0.2, -0.15) is 0 Å². The molecule has 1 aromatic carbocycles. The summed E-state index contributed by atoms with van der Waals surface area (Å²) in [5.41, 5.74) is 2.16. The van der Waals surface area contributed by atoms with E-state index in [-0.39, 0.29) is 6.42 Å². The molecule has 2 rings (SSSR count). The Morgan fingerprint density at radius 2 is 1.85 bits per heavy atom. The molecule has 1 aliphatic rings. The lowest BCUT2D eigenvalue weighted by molar-refractivity contribution is -0.136. The highest BCUT2D eigenvalue weighted by Gasteiger charge is 2.28. The van der Waals surface area contributed by atoms with Gasteiger partial charge in [-0.15, -0.1) is 0 Å². The minimum atomic E-state index is -0.769. The third-order valence-electron chi connectivity index (χ3n) is 3.82. The minimum absolute atomic E-state index is 0.111. The van der Waals surface area contributed by atoms with Crippen molar-refractivity contribution in [3.63, 3.8) is 0 Å². The van der Waals surface area contributed by atoms with E-state index >= 15 is 0 Å². The van der Waals surface area contributed by atoms with Crippen LogP contribution in [-0.4, -0.2) is 28.6 Å². The van der Waals surface area contributed by atoms with Gasteiger partial charge >= 0.3 is 5.97 Å². The van der Waals surface area contributed by atoms with Crippen molar-refractivity contribution in [1.82, 2.24) is 4.90 Å². The van der Waals surface area contributed by atoms with Crippen LogP contribution in [0.1, 0.15) is 44.2 Å². The lowest BCUT2D eigenvalue weighted by atomic mass is 10.1. The number of benzene rings is 1. The lowest BCUT2D eigenvalue weighted by Gasteiger charge is -2.23. The van der Waals surface area contributed by atoms with Crippen LogP contribution in [0.25, 0.3) is 0 Å². The molecule has 1 aliphatic carbocycles. The molecule has 0 spiro atoms. The number of carboxylic acid groups (broad SMARTS) is 1. The maximum atomic E-state index is 10.7. The molecule has 1 aromatic rings. The van der Waals surface area contributed by atoms with Gasteiger partial charge in [0.15, 0.2) is 0 Å². The van der Waals surface area contributed by atoms with Gasteiger partial charge in [0.25, 0.3) is 0 Å². The minimum Gasteiger partial charge on any atom is -0.481 e. The van der Waals surface area contributed by atoms with Crippen LogP contribution in [0.5, 0.6) is 0 Å². The third kappa shape index (κ3) is 4.97. The van der Waals surface area contributed by atoms with Crippen LogP contribution in [0.2, 0.25) is 0 Å². The molecule has 0 unspecified atom stereocenters. The fourth-order valence-electron chi connectivity index (χ4n) is 2.43. The molecule has 20 heavy (non-hydrogen) atoms. The summed E-state index contributed by atoms with van der Waals surface area (Å²) < 4.78 is 0. The first-order valence-electron chi connectivity index (χ1n) is 7.58. The van der Waals surface area contributed by atoms with E-state index in [0.717, 1.165) is 24.1 Å². The average molecular weight is 275 g/mol. The summed E-state index contributed by atoms with van der Waals surface area (Å²) in [6.45, 7) is 6.70. The molecule has 0 heterocycles. The first kappa shape index (κ1) is 15.0. The van der Waals surface area contributed by atoms with Gasteiger partial charge < -0.3 is 5.11 Å². The first-order chi connectivity index (χ1) is 9.54. The largest absolute Gasteiger partial charge is 0.481 e. The van der Waals surface area contributed by atoms with E-state index in [1.807, 2.05) is 12.1 Å². The van der Waals surface area contributed by atoms with Crippen molar-refractivity contribution in [1.29, 1.82) is 0 Å². The summed E-state index contributed by atoms with van der Waals surface area (Å²) in [7, 11) is 0. The second-order valence-corrected chi connectivity index (χ2v) is 6.27. The maximum Gasteiger partial charge on any atom is 0.307 e. The van der Waals surface area contributed by atoms with Crippen LogP contribution < -0.4 is 0 Å². The SMILES string of the molecule is CC(C)CCN(Cc1ccc(CC(=O)O)cc1)C1CC1. The molecule has 0 aromatic heterocycles. The third-order valence-corrected chi connectivity index (χ3v) is 3.82. The number of carbonyl (C=O) groups is 1. The van der Waals surface area contributed by atoms with E-state index in [4.69, 9.17) is 5.11 Å². The van der Waals surface area contributed by atoms with Crippen LogP contribution in [0.15, 0.2) is 24.3 Å². The lowest BCUT2D eigenvalue weighted by Crippen LogP contribution is -2.27. The predicted molar refractivity (Wildman–Crippen MR) is 80.7 cm³/mol. The summed E-state index contributed by atoms with van der Waals surface area (Å²) in [6, 6.07) is 8.80. The second-order valence-electron chi connectivity index (χ2n) is 6.27. The standard InChI is InChI=1S/C17H25NO2/c1-13(2)9-10-18(16-7-8-16)12-15-5-3-14(4-6-15)11-17(19)20/h3-6,13,16H,7-12H2,1-2H3,(H,19,20). The van der Waals surface area contributed by atoms with Crippen molar-refractivity contribution in [2.75, 3.05) is 6.54 Å². The molecular weight excluding hydrogens is 250 g/mol. The fourth-order valence-corrected chi connectivity index (χ4v) is 2.43. The Balaban J connectivity index is 1.90. The summed E-state index contributed by atoms with van der Waals surface area (Å²) in [5.74, 6) is -0.0246. The summed E-state index contributed by atoms with van der Waals surface area (Å²) in [5, 5.41) is 8.78. The Bertz CT molecular complexity index is 435. The number of rotatable bonds is 8. The average Bonchev–Trinajstić information content (AvgIpc) is 3.20. The Hall–Kier alpha value is -1.35. The summed E-state index contributed by atoms with van der Waals surface area (Å²) in [4.78, 5) is 13.2. The van der Waals surface area contributed by atoms with Crippen molar-refractivity contribution in [3.8, 4) is 0 Å². The van der Waals surface area contributed by atoms with Crippen LogP contribution in [0, 0.1) is 5.92 Å². The highest BCUT2D eigenvalue weighted by molar-refractivity contribution is 5.70. The number of hydrogen-bond acceptors (Lipinski definition) is 2. The fraction of sp³-hybridized carbons (Fsp3) is 0.588. The number of aliphatic carboxylic acids is 1. The monoisotopic (exact) mass is 275 g/mol. The van der Waals surface area contributed by atoms with Gasteiger partial charge in [0.2, 0.25) is 0 Å². The predicted octanol–water partition coefficient (Wildman–Crippen LogP) is 3.32. The molecule has 0 radical (unpaired) electrons. The topological polar surface area (TPSA) is 40.5 Å². The molecule has 0 atom stereocenters. The van der Waals surface area contributed by atoms with Gasteiger partial charge in [-0.3, -0.25) is 9.69 Å². The molecule has 1 saturated carbocycles. The van der Waals surface area contributed by atoms with E-state index in [1.54, 1.807) is 0 Å². The van der Waals surface area contributed by atoms with E-state index in [2.05, 4.69) is 30.9 Å². The second kappa shape index (κ2) is 6.89. The Morgan fingerprint density at radius 1 is 1.25 bits per heavy atom. The van der Waals surface area contributed by atoms with E-state index < -0.39 is 5.97 Å². The van der Waals surface area contributed by atoms with Crippen molar-refractivity contribution in [2.45, 2.75) is 52.1 Å². The molecular formula is C17H25NO2. The molecule has 110 valence electrons. The molecule has 3 nitrogen and oxygen atoms in total. The molecule has 3 heteroatoms. The van der Waals surface area contributed by atoms with E-state index in [9.17, 15) is 4.79 Å². The Labute approximate surface area is 121 Å². The quantitative estimate of drug-likeness (QED) is 0.791. The molecule has 1 fully saturated rings. The molecule has 1 N–H and O–H groups in total. The molecule has 0 saturated heterocycles. The van der Waals surface area contributed by atoms with Crippen molar-refractivity contribution in [2.24, 2.45) is 5.92 Å². The normalized spacial score (nSPS) is 15.0. The van der Waals surface area contributed by atoms with Gasteiger partial charge in [0.1, 0.15) is 0 Å². The van der Waals surface area contributed by atoms with Crippen molar-refractivity contribution >= 4 is 5.97 Å². The van der Waals surface area contributed by atoms with Crippen LogP contribution in [-0.2, 0) is 17.8 Å². The molecule has 0 aliphatic heterocycles. The number of nitrogens with zero attached hydrogens (tertiary/aromatic N) is 1. The smallest absolute Gasteiger partial charge is 0.307 e. The zero-order chi connectivity index (χ0) is 14.5. The highest BCUT2D eigenvalue weighted by atomic mass is 16.4. The first-order valence-corrected chi connectivity index (χ1v) is 7.58. The number of carboxylic acids is 1. The van der Waals surface area contributed by atoms with Gasteiger partial charge in [0, 0.05) is 12.6 Å². The van der Waals surface area contributed by atoms with Crippen LogP contribution in [0.4, 0.5) is 0 Å². The van der Waals surface area contributed by atoms with Gasteiger partial charge in [-0.1, -0.05) is 38.1 Å². The van der Waals surface area contributed by atoms with Gasteiger partial charge in [0.05, 0.1) is 6.42 Å². The summed E-state index contributed by atoms with van der Waals surface area (Å²) >= 11 is 0. The molecule has 0 amide bonds. The zero-order valence-electron chi connectivity index (χ0n) is 12.5. The number of hydrogen-bond donors (Lipinski definition) is 1. The highest BCUT2D eigenvalue weighted by Crippen LogP contribution is 2.29. The Morgan fingerprint density at radius 3 is 2.35 bits per heavy atom. The Kier molecular flexibility index (Phi) is 5.18. The van der Waals surface area contributed by atoms with Gasteiger partial charge in [-0.25, -0.2) is 0 Å². The van der Waals surface area contributed by atoms with Crippen molar-refractivity contribution in [3.05, 3.63) is 35.4 Å². The maximum absolute atomic E-state index is 10.7. The summed E-state index contributed by atoms with van der Waals surface area (Å²) in [6.07, 6.45) is 4.01. The molecule has 0 bridgehead atoms. The van der Waals surface area contributed by atoms with Crippen molar-refractivity contribution < 1.29 is 9.90 Å². The van der Waals surface area contributed by atoms with Crippen LogP contribution in [0.3, 0.4) is 0 Å². The van der Waals surface area contributed by atoms with E-state index in [1.165, 1.54) is 31.4 Å².